The van der Waals surface area contributed by atoms with E-state index in [1.54, 1.807) is 12.1 Å². The predicted molar refractivity (Wildman–Crippen MR) is 91.3 cm³/mol. The van der Waals surface area contributed by atoms with Crippen LogP contribution in [0.15, 0.2) is 24.4 Å². The minimum atomic E-state index is -0.344. The third-order valence-corrected chi connectivity index (χ3v) is 4.95. The Morgan fingerprint density at radius 1 is 1.21 bits per heavy atom. The van der Waals surface area contributed by atoms with Gasteiger partial charge in [0.25, 0.3) is 0 Å². The number of aromatic nitrogens is 1. The minimum Gasteiger partial charge on any atom is -0.378 e. The zero-order chi connectivity index (χ0) is 16.6. The van der Waals surface area contributed by atoms with E-state index in [2.05, 4.69) is 10.3 Å². The lowest BCUT2D eigenvalue weighted by molar-refractivity contribution is -0.00961. The molecule has 1 spiro atoms. The first-order valence-electron chi connectivity index (χ1n) is 8.07. The molecule has 2 aliphatic rings. The van der Waals surface area contributed by atoms with E-state index in [9.17, 15) is 0 Å². The number of fused-ring (bicyclic) bond motifs is 1. The zero-order valence-electron chi connectivity index (χ0n) is 13.2. The van der Waals surface area contributed by atoms with Gasteiger partial charge in [0.2, 0.25) is 0 Å². The lowest BCUT2D eigenvalue weighted by Crippen LogP contribution is -2.62. The van der Waals surface area contributed by atoms with Crippen molar-refractivity contribution in [1.29, 1.82) is 0 Å². The average Bonchev–Trinajstić information content (AvgIpc) is 2.79. The summed E-state index contributed by atoms with van der Waals surface area (Å²) in [7, 11) is 0. The number of hydrogen-bond acceptors (Lipinski definition) is 5. The molecule has 2 aromatic rings. The second-order valence-corrected chi connectivity index (χ2v) is 6.73. The van der Waals surface area contributed by atoms with Gasteiger partial charge in [-0.3, -0.25) is 4.98 Å². The Bertz CT molecular complexity index is 752. The largest absolute Gasteiger partial charge is 0.378 e. The van der Waals surface area contributed by atoms with Gasteiger partial charge in [-0.05, 0) is 18.2 Å². The highest BCUT2D eigenvalue weighted by molar-refractivity contribution is 6.35. The summed E-state index contributed by atoms with van der Waals surface area (Å²) in [5.41, 5.74) is 0.513. The molecule has 5 nitrogen and oxygen atoms in total. The van der Waals surface area contributed by atoms with Crippen LogP contribution in [0.2, 0.25) is 5.02 Å². The molecule has 2 saturated heterocycles. The highest BCUT2D eigenvalue weighted by Crippen LogP contribution is 2.31. The summed E-state index contributed by atoms with van der Waals surface area (Å²) in [4.78, 5) is 6.17. The molecule has 1 unspecified atom stereocenters. The van der Waals surface area contributed by atoms with Crippen LogP contribution < -0.4 is 10.2 Å². The molecule has 0 radical (unpaired) electrons. The van der Waals surface area contributed by atoms with Crippen LogP contribution in [-0.2, 0) is 9.47 Å². The van der Waals surface area contributed by atoms with E-state index in [0.29, 0.717) is 61.1 Å². The number of pyridine rings is 1. The molecule has 24 heavy (non-hydrogen) atoms. The standard InChI is InChI=1S/C17H19ClFN3O2/c18-13-3-4-20-16-12(13)1-2-14(15(16)19)22-6-8-24-11-17(9-22)10-23-7-5-21-17/h1-4,21H,5-11H2. The van der Waals surface area contributed by atoms with Crippen molar-refractivity contribution in [2.75, 3.05) is 51.0 Å². The molecule has 0 saturated carbocycles. The number of rotatable bonds is 1. The van der Waals surface area contributed by atoms with Gasteiger partial charge < -0.3 is 19.7 Å². The van der Waals surface area contributed by atoms with E-state index in [4.69, 9.17) is 21.1 Å². The van der Waals surface area contributed by atoms with Crippen LogP contribution in [0.25, 0.3) is 10.9 Å². The van der Waals surface area contributed by atoms with Crippen molar-refractivity contribution >= 4 is 28.2 Å². The number of halogens is 2. The van der Waals surface area contributed by atoms with Crippen LogP contribution in [0, 0.1) is 5.82 Å². The van der Waals surface area contributed by atoms with Crippen LogP contribution in [0.3, 0.4) is 0 Å². The molecule has 2 aliphatic heterocycles. The number of nitrogens with one attached hydrogen (secondary N) is 1. The van der Waals surface area contributed by atoms with Gasteiger partial charge in [-0.15, -0.1) is 0 Å². The highest BCUT2D eigenvalue weighted by Gasteiger charge is 2.37. The van der Waals surface area contributed by atoms with E-state index in [1.807, 2.05) is 11.0 Å². The molecule has 1 aromatic carbocycles. The van der Waals surface area contributed by atoms with Crippen molar-refractivity contribution in [3.05, 3.63) is 35.2 Å². The lowest BCUT2D eigenvalue weighted by atomic mass is 9.99. The summed E-state index contributed by atoms with van der Waals surface area (Å²) >= 11 is 6.14. The number of benzene rings is 1. The smallest absolute Gasteiger partial charge is 0.172 e. The number of ether oxygens (including phenoxy) is 2. The van der Waals surface area contributed by atoms with E-state index in [1.165, 1.54) is 6.20 Å². The van der Waals surface area contributed by atoms with Crippen LogP contribution in [0.5, 0.6) is 0 Å². The summed E-state index contributed by atoms with van der Waals surface area (Å²) in [5, 5.41) is 4.62. The molecular weight excluding hydrogens is 333 g/mol. The van der Waals surface area contributed by atoms with Gasteiger partial charge in [-0.25, -0.2) is 4.39 Å². The number of anilines is 1. The third kappa shape index (κ3) is 2.84. The molecule has 1 aromatic heterocycles. The second kappa shape index (κ2) is 6.44. The molecule has 2 fully saturated rings. The van der Waals surface area contributed by atoms with Gasteiger partial charge in [-0.2, -0.15) is 0 Å². The Morgan fingerprint density at radius 3 is 2.88 bits per heavy atom. The van der Waals surface area contributed by atoms with Crippen LogP contribution in [0.1, 0.15) is 0 Å². The first-order valence-corrected chi connectivity index (χ1v) is 8.45. The maximum atomic E-state index is 15.1. The molecule has 0 amide bonds. The molecule has 0 aliphatic carbocycles. The molecular formula is C17H19ClFN3O2. The van der Waals surface area contributed by atoms with Gasteiger partial charge in [-0.1, -0.05) is 11.6 Å². The van der Waals surface area contributed by atoms with Crippen LogP contribution in [0.4, 0.5) is 10.1 Å². The first kappa shape index (κ1) is 16.0. The Kier molecular flexibility index (Phi) is 4.30. The van der Waals surface area contributed by atoms with Crippen molar-refractivity contribution < 1.29 is 13.9 Å². The lowest BCUT2D eigenvalue weighted by Gasteiger charge is -2.39. The third-order valence-electron chi connectivity index (χ3n) is 4.62. The SMILES string of the molecule is Fc1c(N2CCOCC3(COCCN3)C2)ccc2c(Cl)ccnc12. The monoisotopic (exact) mass is 351 g/mol. The van der Waals surface area contributed by atoms with Crippen molar-refractivity contribution in [2.24, 2.45) is 0 Å². The first-order chi connectivity index (χ1) is 11.7. The van der Waals surface area contributed by atoms with E-state index in [-0.39, 0.29) is 11.4 Å². The summed E-state index contributed by atoms with van der Waals surface area (Å²) < 4.78 is 26.4. The van der Waals surface area contributed by atoms with Crippen LogP contribution in [-0.4, -0.2) is 56.6 Å². The Labute approximate surface area is 144 Å². The predicted octanol–water partition coefficient (Wildman–Crippen LogP) is 2.22. The van der Waals surface area contributed by atoms with E-state index in [0.717, 1.165) is 6.54 Å². The molecule has 1 N–H and O–H groups in total. The number of morpholine rings is 1. The summed E-state index contributed by atoms with van der Waals surface area (Å²) in [6.45, 7) is 4.36. The highest BCUT2D eigenvalue weighted by atomic mass is 35.5. The average molecular weight is 352 g/mol. The second-order valence-electron chi connectivity index (χ2n) is 6.32. The van der Waals surface area contributed by atoms with Crippen molar-refractivity contribution in [3.63, 3.8) is 0 Å². The summed E-state index contributed by atoms with van der Waals surface area (Å²) in [6.07, 6.45) is 1.53. The van der Waals surface area contributed by atoms with Gasteiger partial charge in [0.1, 0.15) is 5.52 Å². The summed E-state index contributed by atoms with van der Waals surface area (Å²) in [6, 6.07) is 5.27. The quantitative estimate of drug-likeness (QED) is 0.853. The van der Waals surface area contributed by atoms with E-state index >= 15 is 4.39 Å². The Balaban J connectivity index is 1.71. The fourth-order valence-electron chi connectivity index (χ4n) is 3.42. The van der Waals surface area contributed by atoms with Crippen molar-refractivity contribution in [1.82, 2.24) is 10.3 Å². The summed E-state index contributed by atoms with van der Waals surface area (Å²) in [5.74, 6) is -0.344. The molecule has 7 heteroatoms. The topological polar surface area (TPSA) is 46.6 Å². The van der Waals surface area contributed by atoms with Crippen molar-refractivity contribution in [2.45, 2.75) is 5.54 Å². The van der Waals surface area contributed by atoms with Gasteiger partial charge in [0, 0.05) is 31.2 Å². The molecule has 128 valence electrons. The normalized spacial score (nSPS) is 25.2. The van der Waals surface area contributed by atoms with Gasteiger partial charge >= 0.3 is 0 Å². The number of nitrogens with zero attached hydrogens (tertiary/aromatic N) is 2. The Hall–Kier alpha value is -1.47. The number of hydrogen-bond donors (Lipinski definition) is 1. The Morgan fingerprint density at radius 2 is 2.04 bits per heavy atom. The van der Waals surface area contributed by atoms with Gasteiger partial charge in [0.15, 0.2) is 5.82 Å². The van der Waals surface area contributed by atoms with Gasteiger partial charge in [0.05, 0.1) is 42.7 Å². The fraction of sp³-hybridized carbons (Fsp3) is 0.471. The zero-order valence-corrected chi connectivity index (χ0v) is 14.0. The van der Waals surface area contributed by atoms with E-state index < -0.39 is 0 Å². The maximum Gasteiger partial charge on any atom is 0.172 e. The molecule has 3 heterocycles. The molecule has 0 bridgehead atoms. The fourth-order valence-corrected chi connectivity index (χ4v) is 3.63. The maximum absolute atomic E-state index is 15.1. The molecule has 1 atom stereocenters. The molecule has 4 rings (SSSR count). The minimum absolute atomic E-state index is 0.298. The van der Waals surface area contributed by atoms with Crippen LogP contribution >= 0.6 is 11.6 Å². The van der Waals surface area contributed by atoms with Crippen molar-refractivity contribution in [3.8, 4) is 0 Å².